The first-order valence-electron chi connectivity index (χ1n) is 8.89. The summed E-state index contributed by atoms with van der Waals surface area (Å²) >= 11 is 5.86. The average molecular weight is 417 g/mol. The van der Waals surface area contributed by atoms with E-state index in [9.17, 15) is 9.59 Å². The van der Waals surface area contributed by atoms with E-state index in [2.05, 4.69) is 15.5 Å². The van der Waals surface area contributed by atoms with E-state index in [1.54, 1.807) is 49.1 Å². The Morgan fingerprint density at radius 3 is 2.52 bits per heavy atom. The van der Waals surface area contributed by atoms with Gasteiger partial charge in [-0.15, -0.1) is 0 Å². The summed E-state index contributed by atoms with van der Waals surface area (Å²) in [5.41, 5.74) is 0.933. The third kappa shape index (κ3) is 4.57. The summed E-state index contributed by atoms with van der Waals surface area (Å²) in [5.74, 6) is -0.0794. The summed E-state index contributed by atoms with van der Waals surface area (Å²) in [7, 11) is 3.29. The number of carbonyl (C=O) groups is 2. The Balaban J connectivity index is 1.76. The van der Waals surface area contributed by atoms with Crippen LogP contribution in [-0.4, -0.2) is 50.4 Å². The highest BCUT2D eigenvalue weighted by molar-refractivity contribution is 6.30. The van der Waals surface area contributed by atoms with Gasteiger partial charge in [-0.2, -0.15) is 10.2 Å². The number of aromatic nitrogens is 4. The Morgan fingerprint density at radius 1 is 1.14 bits per heavy atom. The highest BCUT2D eigenvalue weighted by atomic mass is 35.5. The predicted molar refractivity (Wildman–Crippen MR) is 108 cm³/mol. The molecule has 1 aromatic carbocycles. The van der Waals surface area contributed by atoms with Gasteiger partial charge in [-0.25, -0.2) is 4.68 Å². The number of nitrogens with zero attached hydrogens (tertiary/aromatic N) is 5. The van der Waals surface area contributed by atoms with Crippen LogP contribution in [0.3, 0.4) is 0 Å². The van der Waals surface area contributed by atoms with Gasteiger partial charge in [0.2, 0.25) is 0 Å². The largest absolute Gasteiger partial charge is 0.471 e. The lowest BCUT2D eigenvalue weighted by Crippen LogP contribution is -2.27. The molecule has 0 saturated heterocycles. The van der Waals surface area contributed by atoms with Crippen molar-refractivity contribution in [3.8, 4) is 5.75 Å². The van der Waals surface area contributed by atoms with Crippen molar-refractivity contribution in [3.05, 3.63) is 59.1 Å². The van der Waals surface area contributed by atoms with E-state index in [4.69, 9.17) is 16.3 Å². The number of aryl methyl sites for hydroxylation is 1. The highest BCUT2D eigenvalue weighted by Gasteiger charge is 2.22. The topological polar surface area (TPSA) is 94.3 Å². The maximum Gasteiger partial charge on any atom is 0.274 e. The lowest BCUT2D eigenvalue weighted by atomic mass is 10.3. The van der Waals surface area contributed by atoms with Gasteiger partial charge in [-0.3, -0.25) is 14.3 Å². The molecule has 0 fully saturated rings. The van der Waals surface area contributed by atoms with Crippen LogP contribution in [-0.2, 0) is 13.3 Å². The van der Waals surface area contributed by atoms with Crippen molar-refractivity contribution in [2.45, 2.75) is 20.2 Å². The summed E-state index contributed by atoms with van der Waals surface area (Å²) in [4.78, 5) is 26.7. The van der Waals surface area contributed by atoms with Gasteiger partial charge < -0.3 is 15.0 Å². The second kappa shape index (κ2) is 8.78. The van der Waals surface area contributed by atoms with Crippen LogP contribution < -0.4 is 10.1 Å². The summed E-state index contributed by atoms with van der Waals surface area (Å²) in [6.45, 7) is 2.40. The SMILES string of the molecule is CCn1ncc(NC(=O)c2ccnn2COc2ccc(Cl)cc2)c1C(=O)N(C)C. The molecule has 0 atom stereocenters. The van der Waals surface area contributed by atoms with Crippen LogP contribution in [0.4, 0.5) is 5.69 Å². The fourth-order valence-corrected chi connectivity index (χ4v) is 2.76. The number of amides is 2. The molecule has 9 nitrogen and oxygen atoms in total. The van der Waals surface area contributed by atoms with E-state index in [1.807, 2.05) is 6.92 Å². The van der Waals surface area contributed by atoms with Crippen molar-refractivity contribution < 1.29 is 14.3 Å². The molecule has 0 aliphatic heterocycles. The quantitative estimate of drug-likeness (QED) is 0.639. The zero-order chi connectivity index (χ0) is 21.0. The van der Waals surface area contributed by atoms with Crippen LogP contribution >= 0.6 is 11.6 Å². The minimum Gasteiger partial charge on any atom is -0.471 e. The summed E-state index contributed by atoms with van der Waals surface area (Å²) in [6, 6.07) is 8.44. The van der Waals surface area contributed by atoms with E-state index in [0.29, 0.717) is 28.7 Å². The molecule has 1 N–H and O–H groups in total. The molecule has 152 valence electrons. The van der Waals surface area contributed by atoms with Crippen molar-refractivity contribution in [2.24, 2.45) is 0 Å². The van der Waals surface area contributed by atoms with Crippen LogP contribution in [0.25, 0.3) is 0 Å². The summed E-state index contributed by atoms with van der Waals surface area (Å²) < 4.78 is 8.60. The number of carbonyl (C=O) groups excluding carboxylic acids is 2. The summed E-state index contributed by atoms with van der Waals surface area (Å²) in [6.07, 6.45) is 2.96. The van der Waals surface area contributed by atoms with Crippen molar-refractivity contribution in [1.82, 2.24) is 24.5 Å². The van der Waals surface area contributed by atoms with Gasteiger partial charge in [0.1, 0.15) is 17.1 Å². The van der Waals surface area contributed by atoms with E-state index >= 15 is 0 Å². The Morgan fingerprint density at radius 2 is 1.86 bits per heavy atom. The molecule has 10 heteroatoms. The zero-order valence-electron chi connectivity index (χ0n) is 16.3. The van der Waals surface area contributed by atoms with E-state index in [1.165, 1.54) is 22.0 Å². The first kappa shape index (κ1) is 20.4. The standard InChI is InChI=1S/C19H21ClN6O3/c1-4-25-17(19(28)24(2)3)15(11-22-25)23-18(27)16-9-10-21-26(16)12-29-14-7-5-13(20)6-8-14/h5-11H,4,12H2,1-3H3,(H,23,27). The molecule has 0 aliphatic rings. The molecule has 2 aromatic heterocycles. The van der Waals surface area contributed by atoms with Gasteiger partial charge in [0, 0.05) is 31.9 Å². The molecule has 0 radical (unpaired) electrons. The number of ether oxygens (including phenoxy) is 1. The average Bonchev–Trinajstić information content (AvgIpc) is 3.33. The fraction of sp³-hybridized carbons (Fsp3) is 0.263. The van der Waals surface area contributed by atoms with Gasteiger partial charge in [0.25, 0.3) is 11.8 Å². The van der Waals surface area contributed by atoms with Gasteiger partial charge in [0.05, 0.1) is 11.9 Å². The molecule has 2 heterocycles. The van der Waals surface area contributed by atoms with Crippen LogP contribution in [0.2, 0.25) is 5.02 Å². The van der Waals surface area contributed by atoms with Crippen molar-refractivity contribution >= 4 is 29.1 Å². The predicted octanol–water partition coefficient (Wildman–Crippen LogP) is 2.74. The minimum absolute atomic E-state index is 0.0368. The number of halogens is 1. The molecular weight excluding hydrogens is 396 g/mol. The molecule has 2 amide bonds. The molecule has 0 unspecified atom stereocenters. The van der Waals surface area contributed by atoms with Crippen molar-refractivity contribution in [2.75, 3.05) is 19.4 Å². The number of anilines is 1. The smallest absolute Gasteiger partial charge is 0.274 e. The first-order valence-corrected chi connectivity index (χ1v) is 9.27. The fourth-order valence-electron chi connectivity index (χ4n) is 2.64. The van der Waals surface area contributed by atoms with Crippen molar-refractivity contribution in [1.29, 1.82) is 0 Å². The monoisotopic (exact) mass is 416 g/mol. The second-order valence-corrected chi connectivity index (χ2v) is 6.76. The molecule has 3 rings (SSSR count). The Kier molecular flexibility index (Phi) is 6.18. The van der Waals surface area contributed by atoms with E-state index in [0.717, 1.165) is 0 Å². The Hall–Kier alpha value is -3.33. The number of nitrogens with one attached hydrogen (secondary N) is 1. The number of hydrogen-bond donors (Lipinski definition) is 1. The first-order chi connectivity index (χ1) is 13.9. The molecular formula is C19H21ClN6O3. The van der Waals surface area contributed by atoms with Gasteiger partial charge in [-0.1, -0.05) is 11.6 Å². The maximum absolute atomic E-state index is 12.8. The Labute approximate surface area is 172 Å². The van der Waals surface area contributed by atoms with Gasteiger partial charge in [0.15, 0.2) is 6.73 Å². The molecule has 29 heavy (non-hydrogen) atoms. The van der Waals surface area contributed by atoms with Gasteiger partial charge in [-0.05, 0) is 37.3 Å². The molecule has 3 aromatic rings. The van der Waals surface area contributed by atoms with Crippen LogP contribution in [0, 0.1) is 0 Å². The molecule has 0 bridgehead atoms. The van der Waals surface area contributed by atoms with Crippen LogP contribution in [0.1, 0.15) is 27.9 Å². The number of benzene rings is 1. The third-order valence-corrected chi connectivity index (χ3v) is 4.36. The minimum atomic E-state index is -0.425. The molecule has 0 aliphatic carbocycles. The van der Waals surface area contributed by atoms with Crippen molar-refractivity contribution in [3.63, 3.8) is 0 Å². The number of rotatable bonds is 7. The lowest BCUT2D eigenvalue weighted by molar-refractivity contribution is 0.0816. The second-order valence-electron chi connectivity index (χ2n) is 6.32. The molecule has 0 spiro atoms. The Bertz CT molecular complexity index is 1010. The normalized spacial score (nSPS) is 10.6. The zero-order valence-corrected chi connectivity index (χ0v) is 17.1. The van der Waals surface area contributed by atoms with Crippen LogP contribution in [0.15, 0.2) is 42.7 Å². The van der Waals surface area contributed by atoms with E-state index < -0.39 is 5.91 Å². The third-order valence-electron chi connectivity index (χ3n) is 4.11. The summed E-state index contributed by atoms with van der Waals surface area (Å²) in [5, 5.41) is 11.7. The number of hydrogen-bond acceptors (Lipinski definition) is 5. The molecule has 0 saturated carbocycles. The lowest BCUT2D eigenvalue weighted by Gasteiger charge is -2.14. The highest BCUT2D eigenvalue weighted by Crippen LogP contribution is 2.19. The van der Waals surface area contributed by atoms with E-state index in [-0.39, 0.29) is 18.3 Å². The van der Waals surface area contributed by atoms with Gasteiger partial charge >= 0.3 is 0 Å². The maximum atomic E-state index is 12.8. The van der Waals surface area contributed by atoms with Crippen LogP contribution in [0.5, 0.6) is 5.75 Å².